The van der Waals surface area contributed by atoms with E-state index in [1.165, 1.54) is 24.0 Å². The molecule has 6 rings (SSSR count). The predicted molar refractivity (Wildman–Crippen MR) is 130 cm³/mol. The van der Waals surface area contributed by atoms with E-state index < -0.39 is 0 Å². The second-order valence-electron chi connectivity index (χ2n) is 9.08. The van der Waals surface area contributed by atoms with Gasteiger partial charge in [0.25, 0.3) is 5.91 Å². The third kappa shape index (κ3) is 4.50. The van der Waals surface area contributed by atoms with Crippen LogP contribution in [0.4, 0.5) is 0 Å². The number of piperazine rings is 1. The molecule has 3 aromatic rings. The summed E-state index contributed by atoms with van der Waals surface area (Å²) in [6.07, 6.45) is 3.35. The van der Waals surface area contributed by atoms with Gasteiger partial charge in [-0.15, -0.1) is 12.4 Å². The van der Waals surface area contributed by atoms with Crippen LogP contribution in [-0.4, -0.2) is 58.3 Å². The molecule has 1 saturated carbocycles. The maximum atomic E-state index is 13.5. The minimum absolute atomic E-state index is 0. The third-order valence-electron chi connectivity index (χ3n) is 6.76. The van der Waals surface area contributed by atoms with E-state index in [0.29, 0.717) is 11.6 Å². The number of hydrogen-bond donors (Lipinski definition) is 0. The summed E-state index contributed by atoms with van der Waals surface area (Å²) >= 11 is 0. The van der Waals surface area contributed by atoms with Crippen molar-refractivity contribution in [1.29, 1.82) is 0 Å². The summed E-state index contributed by atoms with van der Waals surface area (Å²) < 4.78 is 7.47. The molecule has 0 radical (unpaired) electrons. The molecule has 0 spiro atoms. The van der Waals surface area contributed by atoms with E-state index >= 15 is 0 Å². The minimum Gasteiger partial charge on any atom is -0.493 e. The molecule has 0 N–H and O–H groups in total. The Labute approximate surface area is 200 Å². The van der Waals surface area contributed by atoms with Crippen molar-refractivity contribution in [1.82, 2.24) is 19.6 Å². The molecule has 1 aliphatic carbocycles. The number of ether oxygens (including phenoxy) is 1. The van der Waals surface area contributed by atoms with Crippen molar-refractivity contribution in [2.24, 2.45) is 0 Å². The highest BCUT2D eigenvalue weighted by Gasteiger charge is 2.31. The highest BCUT2D eigenvalue weighted by Crippen LogP contribution is 2.40. The van der Waals surface area contributed by atoms with Gasteiger partial charge in [-0.1, -0.05) is 30.3 Å². The smallest absolute Gasteiger partial charge is 0.272 e. The fourth-order valence-electron chi connectivity index (χ4n) is 4.76. The molecule has 3 aliphatic rings. The lowest BCUT2D eigenvalue weighted by molar-refractivity contribution is 0.0619. The molecule has 2 aromatic carbocycles. The average Bonchev–Trinajstić information content (AvgIpc) is 3.41. The maximum absolute atomic E-state index is 13.5. The summed E-state index contributed by atoms with van der Waals surface area (Å²) in [5, 5.41) is 4.81. The monoisotopic (exact) mass is 464 g/mol. The van der Waals surface area contributed by atoms with E-state index in [0.717, 1.165) is 62.9 Å². The number of amides is 1. The zero-order chi connectivity index (χ0) is 21.5. The van der Waals surface area contributed by atoms with Gasteiger partial charge in [0.05, 0.1) is 18.0 Å². The molecule has 1 amide bonds. The van der Waals surface area contributed by atoms with Crippen molar-refractivity contribution >= 4 is 18.3 Å². The van der Waals surface area contributed by atoms with E-state index in [9.17, 15) is 4.79 Å². The van der Waals surface area contributed by atoms with Gasteiger partial charge in [0, 0.05) is 45.1 Å². The van der Waals surface area contributed by atoms with Gasteiger partial charge in [0.1, 0.15) is 11.4 Å². The molecule has 3 heterocycles. The number of fused-ring (bicyclic) bond motifs is 1. The lowest BCUT2D eigenvalue weighted by atomic mass is 10.1. The first-order chi connectivity index (χ1) is 15.7. The Morgan fingerprint density at radius 3 is 2.55 bits per heavy atom. The number of aromatic nitrogens is 2. The van der Waals surface area contributed by atoms with Gasteiger partial charge in [0.15, 0.2) is 0 Å². The van der Waals surface area contributed by atoms with Crippen LogP contribution in [0.15, 0.2) is 54.6 Å². The number of rotatable bonds is 5. The summed E-state index contributed by atoms with van der Waals surface area (Å²) in [6, 6.07) is 18.6. The SMILES string of the molecule is Cl.O=C(c1cc(C2CC2)nn1-c1ccccc1)N1CCN(Cc2ccc3c(c2)CCO3)CC1. The number of hydrogen-bond acceptors (Lipinski definition) is 4. The molecule has 172 valence electrons. The molecule has 0 bridgehead atoms. The van der Waals surface area contributed by atoms with Crippen molar-refractivity contribution in [3.05, 3.63) is 77.1 Å². The highest BCUT2D eigenvalue weighted by atomic mass is 35.5. The van der Waals surface area contributed by atoms with Crippen LogP contribution in [0.2, 0.25) is 0 Å². The van der Waals surface area contributed by atoms with Gasteiger partial charge in [-0.25, -0.2) is 4.68 Å². The summed E-state index contributed by atoms with van der Waals surface area (Å²) in [6.45, 7) is 4.96. The number of para-hydroxylation sites is 1. The maximum Gasteiger partial charge on any atom is 0.272 e. The standard InChI is InChI=1S/C26H28N4O2.ClH/c31-26(24-17-23(20-7-8-20)27-30(24)22-4-2-1-3-5-22)29-13-11-28(12-14-29)18-19-6-9-25-21(16-19)10-15-32-25;/h1-6,9,16-17,20H,7-8,10-15,18H2;1H. The van der Waals surface area contributed by atoms with Crippen molar-refractivity contribution in [2.75, 3.05) is 32.8 Å². The highest BCUT2D eigenvalue weighted by molar-refractivity contribution is 5.93. The van der Waals surface area contributed by atoms with E-state index in [2.05, 4.69) is 23.1 Å². The molecular formula is C26H29ClN4O2. The van der Waals surface area contributed by atoms with Gasteiger partial charge in [0.2, 0.25) is 0 Å². The number of benzene rings is 2. The largest absolute Gasteiger partial charge is 0.493 e. The number of carbonyl (C=O) groups is 1. The molecule has 1 saturated heterocycles. The molecule has 2 aliphatic heterocycles. The van der Waals surface area contributed by atoms with E-state index in [-0.39, 0.29) is 18.3 Å². The minimum atomic E-state index is 0. The fraction of sp³-hybridized carbons (Fsp3) is 0.385. The molecule has 0 unspecified atom stereocenters. The van der Waals surface area contributed by atoms with Crippen LogP contribution in [0.1, 0.15) is 46.1 Å². The Morgan fingerprint density at radius 2 is 1.79 bits per heavy atom. The Kier molecular flexibility index (Phi) is 6.13. The normalized spacial score (nSPS) is 17.9. The first-order valence-electron chi connectivity index (χ1n) is 11.7. The molecule has 7 heteroatoms. The van der Waals surface area contributed by atoms with Crippen molar-refractivity contribution in [2.45, 2.75) is 31.7 Å². The average molecular weight is 465 g/mol. The number of nitrogens with zero attached hydrogens (tertiary/aromatic N) is 4. The van der Waals surface area contributed by atoms with Gasteiger partial charge in [-0.2, -0.15) is 5.10 Å². The molecule has 2 fully saturated rings. The topological polar surface area (TPSA) is 50.6 Å². The predicted octanol–water partition coefficient (Wildman–Crippen LogP) is 4.06. The van der Waals surface area contributed by atoms with E-state index in [1.807, 2.05) is 46.0 Å². The Balaban J connectivity index is 0.00000228. The van der Waals surface area contributed by atoms with Crippen LogP contribution < -0.4 is 4.74 Å². The zero-order valence-corrected chi connectivity index (χ0v) is 19.5. The van der Waals surface area contributed by atoms with Crippen molar-refractivity contribution in [3.63, 3.8) is 0 Å². The molecule has 0 atom stereocenters. The molecule has 1 aromatic heterocycles. The lowest BCUT2D eigenvalue weighted by Gasteiger charge is -2.34. The van der Waals surface area contributed by atoms with E-state index in [1.54, 1.807) is 0 Å². The molecule has 6 nitrogen and oxygen atoms in total. The van der Waals surface area contributed by atoms with Crippen molar-refractivity contribution in [3.8, 4) is 11.4 Å². The summed E-state index contributed by atoms with van der Waals surface area (Å²) in [5.41, 5.74) is 5.32. The first kappa shape index (κ1) is 22.0. The van der Waals surface area contributed by atoms with Crippen molar-refractivity contribution < 1.29 is 9.53 Å². The second-order valence-corrected chi connectivity index (χ2v) is 9.08. The van der Waals surface area contributed by atoms with Gasteiger partial charge in [-0.05, 0) is 48.2 Å². The zero-order valence-electron chi connectivity index (χ0n) is 18.7. The number of carbonyl (C=O) groups excluding carboxylic acids is 1. The third-order valence-corrected chi connectivity index (χ3v) is 6.76. The first-order valence-corrected chi connectivity index (χ1v) is 11.7. The van der Waals surface area contributed by atoms with E-state index in [4.69, 9.17) is 9.84 Å². The van der Waals surface area contributed by atoms with Gasteiger partial charge in [-0.3, -0.25) is 9.69 Å². The quantitative estimate of drug-likeness (QED) is 0.571. The van der Waals surface area contributed by atoms with Crippen LogP contribution >= 0.6 is 12.4 Å². The number of halogens is 1. The Morgan fingerprint density at radius 1 is 1.00 bits per heavy atom. The summed E-state index contributed by atoms with van der Waals surface area (Å²) in [7, 11) is 0. The summed E-state index contributed by atoms with van der Waals surface area (Å²) in [4.78, 5) is 17.9. The lowest BCUT2D eigenvalue weighted by Crippen LogP contribution is -2.48. The molecular weight excluding hydrogens is 436 g/mol. The summed E-state index contributed by atoms with van der Waals surface area (Å²) in [5.74, 6) is 1.63. The van der Waals surface area contributed by atoms with Crippen LogP contribution in [0.25, 0.3) is 5.69 Å². The molecule has 33 heavy (non-hydrogen) atoms. The van der Waals surface area contributed by atoms with Gasteiger partial charge >= 0.3 is 0 Å². The van der Waals surface area contributed by atoms with Crippen LogP contribution in [0.5, 0.6) is 5.75 Å². The Bertz CT molecular complexity index is 1130. The van der Waals surface area contributed by atoms with Crippen LogP contribution in [-0.2, 0) is 13.0 Å². The second kappa shape index (κ2) is 9.20. The Hall–Kier alpha value is -2.83. The van der Waals surface area contributed by atoms with Gasteiger partial charge < -0.3 is 9.64 Å². The fourth-order valence-corrected chi connectivity index (χ4v) is 4.76. The van der Waals surface area contributed by atoms with Crippen LogP contribution in [0.3, 0.4) is 0 Å². The van der Waals surface area contributed by atoms with Crippen LogP contribution in [0, 0.1) is 0 Å².